The number of hydrogen-bond donors (Lipinski definition) is 3. The molecule has 0 fully saturated rings. The van der Waals surface area contributed by atoms with Gasteiger partial charge in [-0.1, -0.05) is 24.3 Å². The van der Waals surface area contributed by atoms with Crippen LogP contribution < -0.4 is 15.4 Å². The second kappa shape index (κ2) is 9.24. The van der Waals surface area contributed by atoms with E-state index in [0.29, 0.717) is 19.0 Å². The normalized spacial score (nSPS) is 12.2. The van der Waals surface area contributed by atoms with Crippen molar-refractivity contribution in [3.63, 3.8) is 0 Å². The summed E-state index contributed by atoms with van der Waals surface area (Å²) in [5.41, 5.74) is 1.68. The van der Waals surface area contributed by atoms with Gasteiger partial charge in [-0.05, 0) is 37.2 Å². The molecule has 7 nitrogen and oxygen atoms in total. The van der Waals surface area contributed by atoms with Crippen LogP contribution in [0.4, 0.5) is 0 Å². The molecule has 0 spiro atoms. The smallest absolute Gasteiger partial charge is 0.215 e. The highest BCUT2D eigenvalue weighted by atomic mass is 32.2. The first-order valence-corrected chi connectivity index (χ1v) is 9.71. The monoisotopic (exact) mass is 364 g/mol. The summed E-state index contributed by atoms with van der Waals surface area (Å²) in [5, 5.41) is 6.36. The Bertz CT molecular complexity index is 786. The predicted molar refractivity (Wildman–Crippen MR) is 98.5 cm³/mol. The van der Waals surface area contributed by atoms with Gasteiger partial charge in [0, 0.05) is 6.54 Å². The number of guanidine groups is 1. The highest BCUT2D eigenvalue weighted by Gasteiger charge is 2.08. The number of nitrogens with zero attached hydrogens (tertiary/aromatic N) is 1. The average Bonchev–Trinajstić information content (AvgIpc) is 3.11. The maximum atomic E-state index is 11.7. The van der Waals surface area contributed by atoms with E-state index < -0.39 is 10.0 Å². The Morgan fingerprint density at radius 1 is 1.16 bits per heavy atom. The minimum absolute atomic E-state index is 0.0438. The molecule has 0 saturated carbocycles. The number of nitrogens with one attached hydrogen (secondary N) is 3. The van der Waals surface area contributed by atoms with Crippen molar-refractivity contribution in [2.45, 2.75) is 25.8 Å². The maximum Gasteiger partial charge on any atom is 0.215 e. The second-order valence-electron chi connectivity index (χ2n) is 5.41. The summed E-state index contributed by atoms with van der Waals surface area (Å²) in [6.45, 7) is 3.72. The fourth-order valence-corrected chi connectivity index (χ4v) is 2.97. The van der Waals surface area contributed by atoms with Crippen LogP contribution in [0.25, 0.3) is 0 Å². The molecule has 3 N–H and O–H groups in total. The largest absolute Gasteiger partial charge is 0.467 e. The fraction of sp³-hybridized carbons (Fsp3) is 0.353. The zero-order valence-electron chi connectivity index (χ0n) is 14.5. The summed E-state index contributed by atoms with van der Waals surface area (Å²) < 4.78 is 30.9. The van der Waals surface area contributed by atoms with Crippen LogP contribution in [0.1, 0.15) is 23.8 Å². The summed E-state index contributed by atoms with van der Waals surface area (Å²) in [4.78, 5) is 4.53. The number of sulfonamides is 1. The van der Waals surface area contributed by atoms with E-state index in [4.69, 9.17) is 4.42 Å². The highest BCUT2D eigenvalue weighted by molar-refractivity contribution is 7.88. The zero-order chi connectivity index (χ0) is 18.1. The van der Waals surface area contributed by atoms with Gasteiger partial charge in [-0.25, -0.2) is 18.1 Å². The Morgan fingerprint density at radius 2 is 1.96 bits per heavy atom. The first-order valence-electron chi connectivity index (χ1n) is 8.06. The molecule has 136 valence electrons. The van der Waals surface area contributed by atoms with Gasteiger partial charge in [0.15, 0.2) is 5.96 Å². The van der Waals surface area contributed by atoms with E-state index in [1.54, 1.807) is 12.3 Å². The molecule has 0 atom stereocenters. The Labute approximate surface area is 148 Å². The van der Waals surface area contributed by atoms with Gasteiger partial charge in [0.05, 0.1) is 25.1 Å². The molecule has 0 aliphatic carbocycles. The van der Waals surface area contributed by atoms with Gasteiger partial charge in [0.25, 0.3) is 0 Å². The van der Waals surface area contributed by atoms with Crippen molar-refractivity contribution in [3.05, 3.63) is 59.5 Å². The van der Waals surface area contributed by atoms with E-state index in [1.807, 2.05) is 37.3 Å². The lowest BCUT2D eigenvalue weighted by Crippen LogP contribution is -2.36. The maximum absolute atomic E-state index is 11.7. The third-order valence-corrected chi connectivity index (χ3v) is 4.77. The van der Waals surface area contributed by atoms with Crippen molar-refractivity contribution < 1.29 is 12.8 Å². The summed E-state index contributed by atoms with van der Waals surface area (Å²) in [5.74, 6) is 1.45. The molecule has 0 amide bonds. The summed E-state index contributed by atoms with van der Waals surface area (Å²) in [7, 11) is -1.87. The summed E-state index contributed by atoms with van der Waals surface area (Å²) in [6.07, 6.45) is 1.63. The highest BCUT2D eigenvalue weighted by Crippen LogP contribution is 2.09. The van der Waals surface area contributed by atoms with Gasteiger partial charge in [-0.15, -0.1) is 0 Å². The minimum Gasteiger partial charge on any atom is -0.467 e. The van der Waals surface area contributed by atoms with Crippen molar-refractivity contribution in [2.24, 2.45) is 4.99 Å². The van der Waals surface area contributed by atoms with Gasteiger partial charge in [-0.3, -0.25) is 0 Å². The van der Waals surface area contributed by atoms with E-state index in [2.05, 4.69) is 20.3 Å². The number of furan rings is 1. The number of rotatable bonds is 8. The van der Waals surface area contributed by atoms with Crippen molar-refractivity contribution in [2.75, 3.05) is 13.6 Å². The lowest BCUT2D eigenvalue weighted by molar-refractivity contribution is 0.501. The molecule has 0 saturated heterocycles. The van der Waals surface area contributed by atoms with Crippen LogP contribution in [-0.2, 0) is 28.9 Å². The third-order valence-electron chi connectivity index (χ3n) is 3.43. The number of benzene rings is 1. The number of hydrogen-bond acceptors (Lipinski definition) is 4. The Morgan fingerprint density at radius 3 is 2.64 bits per heavy atom. The molecule has 0 radical (unpaired) electrons. The van der Waals surface area contributed by atoms with Gasteiger partial charge in [0.2, 0.25) is 10.0 Å². The van der Waals surface area contributed by atoms with Crippen LogP contribution in [0.3, 0.4) is 0 Å². The molecule has 0 bridgehead atoms. The van der Waals surface area contributed by atoms with E-state index in [-0.39, 0.29) is 5.75 Å². The van der Waals surface area contributed by atoms with Gasteiger partial charge < -0.3 is 15.1 Å². The zero-order valence-corrected chi connectivity index (χ0v) is 15.3. The van der Waals surface area contributed by atoms with Crippen molar-refractivity contribution in [1.82, 2.24) is 15.4 Å². The Kier molecular flexibility index (Phi) is 7.03. The Balaban J connectivity index is 2.01. The van der Waals surface area contributed by atoms with Crippen LogP contribution in [0, 0.1) is 0 Å². The van der Waals surface area contributed by atoms with Crippen LogP contribution >= 0.6 is 0 Å². The first-order chi connectivity index (χ1) is 12.0. The molecule has 0 aliphatic rings. The van der Waals surface area contributed by atoms with E-state index in [9.17, 15) is 8.42 Å². The van der Waals surface area contributed by atoms with Crippen LogP contribution in [-0.4, -0.2) is 28.0 Å². The SMILES string of the molecule is CCNC(=NCc1cccc(CS(=O)(=O)NC)c1)NCc1ccco1. The second-order valence-corrected chi connectivity index (χ2v) is 7.34. The molecule has 1 aromatic carbocycles. The van der Waals surface area contributed by atoms with E-state index in [1.165, 1.54) is 7.05 Å². The molecule has 1 aromatic heterocycles. The van der Waals surface area contributed by atoms with Crippen LogP contribution in [0.15, 0.2) is 52.1 Å². The molecule has 8 heteroatoms. The van der Waals surface area contributed by atoms with Crippen molar-refractivity contribution in [3.8, 4) is 0 Å². The molecule has 25 heavy (non-hydrogen) atoms. The average molecular weight is 364 g/mol. The van der Waals surface area contributed by atoms with Gasteiger partial charge in [-0.2, -0.15) is 0 Å². The third kappa shape index (κ3) is 6.60. The van der Waals surface area contributed by atoms with Crippen LogP contribution in [0.2, 0.25) is 0 Å². The van der Waals surface area contributed by atoms with Crippen molar-refractivity contribution in [1.29, 1.82) is 0 Å². The van der Waals surface area contributed by atoms with E-state index >= 15 is 0 Å². The molecule has 2 aromatic rings. The molecule has 2 rings (SSSR count). The fourth-order valence-electron chi connectivity index (χ4n) is 2.21. The predicted octanol–water partition coefficient (Wildman–Crippen LogP) is 1.58. The van der Waals surface area contributed by atoms with Gasteiger partial charge in [0.1, 0.15) is 5.76 Å². The lowest BCUT2D eigenvalue weighted by atomic mass is 10.1. The summed E-state index contributed by atoms with van der Waals surface area (Å²) >= 11 is 0. The molecule has 1 heterocycles. The molecular formula is C17H24N4O3S. The minimum atomic E-state index is -3.28. The Hall–Kier alpha value is -2.32. The van der Waals surface area contributed by atoms with E-state index in [0.717, 1.165) is 23.4 Å². The van der Waals surface area contributed by atoms with Crippen LogP contribution in [0.5, 0.6) is 0 Å². The first kappa shape index (κ1) is 19.0. The standard InChI is InChI=1S/C17H24N4O3S/c1-3-19-17(21-12-16-8-5-9-24-16)20-11-14-6-4-7-15(10-14)13-25(22,23)18-2/h4-10,18H,3,11-13H2,1-2H3,(H2,19,20,21). The molecular weight excluding hydrogens is 340 g/mol. The lowest BCUT2D eigenvalue weighted by Gasteiger charge is -2.10. The molecule has 0 aliphatic heterocycles. The van der Waals surface area contributed by atoms with Crippen molar-refractivity contribution >= 4 is 16.0 Å². The summed E-state index contributed by atoms with van der Waals surface area (Å²) in [6, 6.07) is 11.1. The van der Waals surface area contributed by atoms with Gasteiger partial charge >= 0.3 is 0 Å². The molecule has 0 unspecified atom stereocenters. The topological polar surface area (TPSA) is 95.7 Å². The number of aliphatic imine (C=N–C) groups is 1. The quantitative estimate of drug-likeness (QED) is 0.488.